The number of quaternary nitrogens is 2. The maximum absolute atomic E-state index is 3.50. The van der Waals surface area contributed by atoms with E-state index in [1.54, 1.807) is 9.80 Å². The van der Waals surface area contributed by atoms with Crippen LogP contribution in [-0.2, 0) is 6.54 Å². The van der Waals surface area contributed by atoms with Gasteiger partial charge in [0.15, 0.2) is 0 Å². The van der Waals surface area contributed by atoms with Gasteiger partial charge in [-0.05, 0) is 22.0 Å². The summed E-state index contributed by atoms with van der Waals surface area (Å²) in [6.07, 6.45) is 0. The fourth-order valence-electron chi connectivity index (χ4n) is 1.90. The van der Waals surface area contributed by atoms with Crippen molar-refractivity contribution >= 4 is 27.3 Å². The SMILES string of the molecule is C[NH+]1CC[NH+](Cc2cc(Br)cs2)CC1. The normalized spacial score (nSPS) is 27.9. The molecule has 0 atom stereocenters. The monoisotopic (exact) mass is 276 g/mol. The maximum Gasteiger partial charge on any atom is 0.127 e. The average molecular weight is 277 g/mol. The molecule has 78 valence electrons. The van der Waals surface area contributed by atoms with Crippen LogP contribution in [0.3, 0.4) is 0 Å². The van der Waals surface area contributed by atoms with Crippen LogP contribution >= 0.6 is 27.3 Å². The molecule has 14 heavy (non-hydrogen) atoms. The Bertz CT molecular complexity index is 292. The molecular formula is C10H17BrN2S+2. The number of hydrogen-bond donors (Lipinski definition) is 2. The number of thiophene rings is 1. The highest BCUT2D eigenvalue weighted by Gasteiger charge is 2.20. The Balaban J connectivity index is 1.86. The average Bonchev–Trinajstić information content (AvgIpc) is 2.56. The molecule has 2 heterocycles. The summed E-state index contributed by atoms with van der Waals surface area (Å²) in [5, 5.41) is 2.18. The lowest BCUT2D eigenvalue weighted by Gasteiger charge is -2.26. The number of likely N-dealkylation sites (N-methyl/N-ethyl adjacent to an activating group) is 1. The van der Waals surface area contributed by atoms with Crippen molar-refractivity contribution < 1.29 is 9.80 Å². The van der Waals surface area contributed by atoms with Gasteiger partial charge in [0.05, 0.1) is 11.9 Å². The largest absolute Gasteiger partial charge is 0.328 e. The number of hydrogen-bond acceptors (Lipinski definition) is 1. The summed E-state index contributed by atoms with van der Waals surface area (Å²) in [4.78, 5) is 4.93. The molecule has 1 fully saturated rings. The first-order valence-corrected chi connectivity index (χ1v) is 6.79. The topological polar surface area (TPSA) is 8.88 Å². The predicted octanol–water partition coefficient (Wildman–Crippen LogP) is -0.576. The molecule has 0 spiro atoms. The minimum absolute atomic E-state index is 1.21. The standard InChI is InChI=1S/C10H15BrN2S/c1-12-2-4-13(5-3-12)7-10-6-9(11)8-14-10/h6,8H,2-5,7H2,1H3/p+2. The summed E-state index contributed by atoms with van der Waals surface area (Å²) in [5.41, 5.74) is 0. The summed E-state index contributed by atoms with van der Waals surface area (Å²) < 4.78 is 1.23. The molecule has 2 rings (SSSR count). The lowest BCUT2D eigenvalue weighted by atomic mass is 10.3. The first-order chi connectivity index (χ1) is 6.74. The zero-order valence-electron chi connectivity index (χ0n) is 8.48. The van der Waals surface area contributed by atoms with Gasteiger partial charge in [-0.25, -0.2) is 0 Å². The van der Waals surface area contributed by atoms with Crippen LogP contribution in [0.15, 0.2) is 15.9 Å². The van der Waals surface area contributed by atoms with E-state index in [4.69, 9.17) is 0 Å². The summed E-state index contributed by atoms with van der Waals surface area (Å²) in [5.74, 6) is 0. The molecule has 0 aliphatic carbocycles. The van der Waals surface area contributed by atoms with Crippen molar-refractivity contribution in [3.63, 3.8) is 0 Å². The van der Waals surface area contributed by atoms with Crippen LogP contribution in [0.1, 0.15) is 4.88 Å². The van der Waals surface area contributed by atoms with Crippen molar-refractivity contribution in [2.75, 3.05) is 33.2 Å². The van der Waals surface area contributed by atoms with Crippen molar-refractivity contribution in [3.8, 4) is 0 Å². The van der Waals surface area contributed by atoms with E-state index < -0.39 is 0 Å². The summed E-state index contributed by atoms with van der Waals surface area (Å²) in [6, 6.07) is 2.25. The molecule has 1 aliphatic rings. The molecule has 1 aromatic heterocycles. The van der Waals surface area contributed by atoms with Crippen LogP contribution < -0.4 is 9.80 Å². The molecule has 0 aromatic carbocycles. The highest BCUT2D eigenvalue weighted by molar-refractivity contribution is 9.10. The molecule has 0 bridgehead atoms. The minimum Gasteiger partial charge on any atom is -0.328 e. The van der Waals surface area contributed by atoms with E-state index in [2.05, 4.69) is 34.4 Å². The molecule has 2 nitrogen and oxygen atoms in total. The molecule has 0 radical (unpaired) electrons. The van der Waals surface area contributed by atoms with Crippen molar-refractivity contribution in [2.45, 2.75) is 6.54 Å². The molecule has 0 amide bonds. The van der Waals surface area contributed by atoms with Crippen molar-refractivity contribution in [1.29, 1.82) is 0 Å². The Morgan fingerprint density at radius 2 is 2.07 bits per heavy atom. The Hall–Kier alpha value is 0.1000. The van der Waals surface area contributed by atoms with Gasteiger partial charge in [-0.15, -0.1) is 11.3 Å². The van der Waals surface area contributed by atoms with Crippen molar-refractivity contribution in [1.82, 2.24) is 0 Å². The van der Waals surface area contributed by atoms with Gasteiger partial charge in [0, 0.05) is 9.85 Å². The van der Waals surface area contributed by atoms with Crippen LogP contribution in [0, 0.1) is 0 Å². The van der Waals surface area contributed by atoms with Gasteiger partial charge in [0.2, 0.25) is 0 Å². The second-order valence-corrected chi connectivity index (χ2v) is 6.03. The molecule has 1 saturated heterocycles. The Kier molecular flexibility index (Phi) is 3.60. The van der Waals surface area contributed by atoms with Gasteiger partial charge in [-0.1, -0.05) is 0 Å². The van der Waals surface area contributed by atoms with Crippen LogP contribution in [0.4, 0.5) is 0 Å². The van der Waals surface area contributed by atoms with E-state index in [1.165, 1.54) is 42.1 Å². The third kappa shape index (κ3) is 2.79. The zero-order valence-corrected chi connectivity index (χ0v) is 10.9. The zero-order chi connectivity index (χ0) is 9.97. The lowest BCUT2D eigenvalue weighted by molar-refractivity contribution is -1.01. The smallest absolute Gasteiger partial charge is 0.127 e. The Labute approximate surface area is 97.6 Å². The van der Waals surface area contributed by atoms with Crippen molar-refractivity contribution in [3.05, 3.63) is 20.8 Å². The maximum atomic E-state index is 3.50. The Morgan fingerprint density at radius 1 is 1.36 bits per heavy atom. The molecule has 1 aromatic rings. The molecule has 0 unspecified atom stereocenters. The molecule has 2 N–H and O–H groups in total. The fraction of sp³-hybridized carbons (Fsp3) is 0.600. The summed E-state index contributed by atoms with van der Waals surface area (Å²) >= 11 is 5.37. The van der Waals surface area contributed by atoms with Crippen molar-refractivity contribution in [2.24, 2.45) is 0 Å². The Morgan fingerprint density at radius 3 is 2.64 bits per heavy atom. The molecule has 0 saturated carbocycles. The van der Waals surface area contributed by atoms with Gasteiger partial charge in [0.25, 0.3) is 0 Å². The lowest BCUT2D eigenvalue weighted by Crippen LogP contribution is -3.26. The van der Waals surface area contributed by atoms with E-state index in [0.717, 1.165) is 0 Å². The third-order valence-electron chi connectivity index (χ3n) is 2.86. The first-order valence-electron chi connectivity index (χ1n) is 5.12. The number of nitrogens with one attached hydrogen (secondary N) is 2. The van der Waals surface area contributed by atoms with Gasteiger partial charge in [-0.3, -0.25) is 0 Å². The van der Waals surface area contributed by atoms with E-state index in [-0.39, 0.29) is 0 Å². The van der Waals surface area contributed by atoms with E-state index in [9.17, 15) is 0 Å². The first kappa shape index (κ1) is 10.6. The highest BCUT2D eigenvalue weighted by Crippen LogP contribution is 2.18. The van der Waals surface area contributed by atoms with Crippen LogP contribution in [0.5, 0.6) is 0 Å². The van der Waals surface area contributed by atoms with E-state index >= 15 is 0 Å². The number of piperazine rings is 1. The van der Waals surface area contributed by atoms with Crippen LogP contribution in [0.2, 0.25) is 0 Å². The quantitative estimate of drug-likeness (QED) is 0.716. The third-order valence-corrected chi connectivity index (χ3v) is 4.55. The second kappa shape index (κ2) is 4.75. The minimum atomic E-state index is 1.21. The predicted molar refractivity (Wildman–Crippen MR) is 63.0 cm³/mol. The summed E-state index contributed by atoms with van der Waals surface area (Å²) in [6.45, 7) is 6.50. The van der Waals surface area contributed by atoms with Crippen LogP contribution in [0.25, 0.3) is 0 Å². The highest BCUT2D eigenvalue weighted by atomic mass is 79.9. The number of halogens is 1. The number of rotatable bonds is 2. The van der Waals surface area contributed by atoms with E-state index in [0.29, 0.717) is 0 Å². The van der Waals surface area contributed by atoms with Gasteiger partial charge in [0.1, 0.15) is 32.7 Å². The van der Waals surface area contributed by atoms with Gasteiger partial charge in [-0.2, -0.15) is 0 Å². The second-order valence-electron chi connectivity index (χ2n) is 4.12. The molecular weight excluding hydrogens is 260 g/mol. The molecule has 4 heteroatoms. The van der Waals surface area contributed by atoms with Gasteiger partial charge < -0.3 is 9.80 Å². The van der Waals surface area contributed by atoms with Crippen LogP contribution in [-0.4, -0.2) is 33.2 Å². The summed E-state index contributed by atoms with van der Waals surface area (Å²) in [7, 11) is 2.29. The molecule has 1 aliphatic heterocycles. The van der Waals surface area contributed by atoms with Gasteiger partial charge >= 0.3 is 0 Å². The van der Waals surface area contributed by atoms with E-state index in [1.807, 2.05) is 11.3 Å². The fourth-order valence-corrected chi connectivity index (χ4v) is 3.42.